The maximum Gasteiger partial charge on any atom is 0.423 e. The highest BCUT2D eigenvalue weighted by Crippen LogP contribution is 2.44. The second-order valence-electron chi connectivity index (χ2n) is 10.4. The molecular formula is C29H31F3N6O4S. The van der Waals surface area contributed by atoms with E-state index in [4.69, 9.17) is 9.47 Å². The molecule has 4 aromatic rings. The van der Waals surface area contributed by atoms with Crippen LogP contribution in [-0.4, -0.2) is 60.3 Å². The summed E-state index contributed by atoms with van der Waals surface area (Å²) >= 11 is 0. The fourth-order valence-corrected chi connectivity index (χ4v) is 5.95. The molecule has 0 bridgehead atoms. The summed E-state index contributed by atoms with van der Waals surface area (Å²) in [4.78, 5) is 10.0. The zero-order valence-electron chi connectivity index (χ0n) is 23.8. The van der Waals surface area contributed by atoms with Gasteiger partial charge in [-0.25, -0.2) is 18.1 Å². The van der Waals surface area contributed by atoms with E-state index in [-0.39, 0.29) is 22.8 Å². The molecule has 1 fully saturated rings. The van der Waals surface area contributed by atoms with Crippen LogP contribution in [0.5, 0.6) is 11.6 Å². The Balaban J connectivity index is 1.60. The van der Waals surface area contributed by atoms with Crippen LogP contribution < -0.4 is 9.46 Å². The maximum absolute atomic E-state index is 14.7. The summed E-state index contributed by atoms with van der Waals surface area (Å²) in [6, 6.07) is 13.1. The fraction of sp³-hybridized carbons (Fsp3) is 0.345. The van der Waals surface area contributed by atoms with Crippen molar-refractivity contribution in [2.24, 2.45) is 7.05 Å². The van der Waals surface area contributed by atoms with Gasteiger partial charge in [-0.05, 0) is 62.2 Å². The topological polar surface area (TPSA) is 111 Å². The number of methoxy groups -OCH3 is 1. The van der Waals surface area contributed by atoms with Gasteiger partial charge in [0.1, 0.15) is 16.2 Å². The number of sulfonamides is 1. The second-order valence-corrected chi connectivity index (χ2v) is 12.1. The van der Waals surface area contributed by atoms with Crippen LogP contribution in [0.1, 0.15) is 35.4 Å². The van der Waals surface area contributed by atoms with Gasteiger partial charge in [0, 0.05) is 25.9 Å². The third-order valence-electron chi connectivity index (χ3n) is 7.23. The van der Waals surface area contributed by atoms with Gasteiger partial charge in [0.25, 0.3) is 10.0 Å². The third-order valence-corrected chi connectivity index (χ3v) is 8.52. The van der Waals surface area contributed by atoms with Crippen LogP contribution in [0.15, 0.2) is 65.8 Å². The van der Waals surface area contributed by atoms with Gasteiger partial charge in [0.15, 0.2) is 0 Å². The molecule has 228 valence electrons. The van der Waals surface area contributed by atoms with Crippen molar-refractivity contribution >= 4 is 16.0 Å². The molecule has 14 heteroatoms. The molecule has 1 aliphatic rings. The number of piperidine rings is 1. The number of nitrogens with zero attached hydrogens (tertiary/aromatic N) is 5. The Labute approximate surface area is 247 Å². The van der Waals surface area contributed by atoms with Crippen molar-refractivity contribution in [2.75, 3.05) is 32.0 Å². The van der Waals surface area contributed by atoms with Crippen molar-refractivity contribution in [3.63, 3.8) is 0 Å². The Morgan fingerprint density at radius 2 is 1.72 bits per heavy atom. The first kappa shape index (κ1) is 30.4. The van der Waals surface area contributed by atoms with Gasteiger partial charge in [0.05, 0.1) is 18.5 Å². The van der Waals surface area contributed by atoms with E-state index in [1.54, 1.807) is 30.3 Å². The normalized spacial score (nSPS) is 15.0. The summed E-state index contributed by atoms with van der Waals surface area (Å²) in [5.41, 5.74) is -0.248. The molecule has 43 heavy (non-hydrogen) atoms. The lowest BCUT2D eigenvalue weighted by atomic mass is 9.90. The first-order valence-corrected chi connectivity index (χ1v) is 15.0. The van der Waals surface area contributed by atoms with Crippen molar-refractivity contribution in [2.45, 2.75) is 36.4 Å². The van der Waals surface area contributed by atoms with Crippen molar-refractivity contribution in [1.29, 1.82) is 0 Å². The summed E-state index contributed by atoms with van der Waals surface area (Å²) in [6.07, 6.45) is -0.661. The molecule has 1 aliphatic heterocycles. The summed E-state index contributed by atoms with van der Waals surface area (Å²) in [6.45, 7) is 1.91. The Morgan fingerprint density at radius 3 is 2.35 bits per heavy atom. The van der Waals surface area contributed by atoms with E-state index in [2.05, 4.69) is 31.7 Å². The highest BCUT2D eigenvalue weighted by Gasteiger charge is 2.41. The lowest BCUT2D eigenvalue weighted by molar-refractivity contribution is -0.138. The van der Waals surface area contributed by atoms with Crippen molar-refractivity contribution < 1.29 is 31.1 Å². The number of alkyl halides is 3. The lowest BCUT2D eigenvalue weighted by Crippen LogP contribution is -2.29. The van der Waals surface area contributed by atoms with Gasteiger partial charge in [0.2, 0.25) is 11.8 Å². The lowest BCUT2D eigenvalue weighted by Gasteiger charge is -2.29. The summed E-state index contributed by atoms with van der Waals surface area (Å²) in [7, 11) is 0.720. The largest absolute Gasteiger partial charge is 0.438 e. The summed E-state index contributed by atoms with van der Waals surface area (Å²) in [5, 5.41) is 3.85. The zero-order valence-corrected chi connectivity index (χ0v) is 24.6. The van der Waals surface area contributed by atoms with E-state index in [0.717, 1.165) is 37.7 Å². The number of likely N-dealkylation sites (tertiary alicyclic amines) is 1. The smallest absolute Gasteiger partial charge is 0.423 e. The number of hydrogen-bond donors (Lipinski definition) is 1. The molecule has 0 saturated carbocycles. The van der Waals surface area contributed by atoms with Gasteiger partial charge >= 0.3 is 6.18 Å². The monoisotopic (exact) mass is 616 g/mol. The number of rotatable bonds is 9. The van der Waals surface area contributed by atoms with E-state index in [0.29, 0.717) is 11.5 Å². The van der Waals surface area contributed by atoms with Crippen molar-refractivity contribution in [3.8, 4) is 22.9 Å². The van der Waals surface area contributed by atoms with Gasteiger partial charge in [-0.1, -0.05) is 36.4 Å². The summed E-state index contributed by atoms with van der Waals surface area (Å²) in [5.74, 6) is -0.997. The number of anilines is 1. The molecular weight excluding hydrogens is 585 g/mol. The Bertz CT molecular complexity index is 1690. The minimum Gasteiger partial charge on any atom is -0.438 e. The Hall–Kier alpha value is -4.01. The van der Waals surface area contributed by atoms with E-state index < -0.39 is 39.3 Å². The number of hydrogen-bond acceptors (Lipinski definition) is 8. The van der Waals surface area contributed by atoms with E-state index >= 15 is 0 Å². The first-order chi connectivity index (χ1) is 20.4. The van der Waals surface area contributed by atoms with Crippen LogP contribution in [0.25, 0.3) is 11.3 Å². The standard InChI is InChI=1S/C29H31F3N6O4S/c1-37-14-12-20(13-15-37)19-8-10-22(11-9-19)42-27-25(29(30,31)32)26(24-7-5-4-6-21(24)18-41-3)34-28(35-27)36-43(39,40)23-16-33-38(2)17-23/h4-11,16-17,20H,12-15,18H2,1-3H3,(H,34,35,36). The average molecular weight is 617 g/mol. The number of nitrogens with one attached hydrogen (secondary N) is 1. The minimum absolute atomic E-state index is 0.0111. The van der Waals surface area contributed by atoms with E-state index in [1.807, 2.05) is 12.1 Å². The predicted octanol–water partition coefficient (Wildman–Crippen LogP) is 5.44. The fourth-order valence-electron chi connectivity index (χ4n) is 5.02. The van der Waals surface area contributed by atoms with Crippen LogP contribution in [0.2, 0.25) is 0 Å². The zero-order chi connectivity index (χ0) is 30.8. The maximum atomic E-state index is 14.7. The molecule has 0 spiro atoms. The third kappa shape index (κ3) is 6.98. The summed E-state index contributed by atoms with van der Waals surface area (Å²) < 4.78 is 84.8. The molecule has 2 aromatic carbocycles. The number of benzene rings is 2. The number of aromatic nitrogens is 4. The van der Waals surface area contributed by atoms with Crippen molar-refractivity contribution in [1.82, 2.24) is 24.6 Å². The molecule has 0 amide bonds. The van der Waals surface area contributed by atoms with Crippen LogP contribution in [-0.2, 0) is 34.6 Å². The SMILES string of the molecule is COCc1ccccc1-c1nc(NS(=O)(=O)c2cnn(C)c2)nc(Oc2ccc(C3CCN(C)CC3)cc2)c1C(F)(F)F. The van der Waals surface area contributed by atoms with Gasteiger partial charge in [-0.15, -0.1) is 0 Å². The number of ether oxygens (including phenoxy) is 2. The van der Waals surface area contributed by atoms with Crippen LogP contribution in [0.3, 0.4) is 0 Å². The van der Waals surface area contributed by atoms with Gasteiger partial charge in [-0.2, -0.15) is 23.3 Å². The molecule has 0 atom stereocenters. The predicted molar refractivity (Wildman–Crippen MR) is 153 cm³/mol. The molecule has 0 unspecified atom stereocenters. The Kier molecular flexibility index (Phi) is 8.71. The average Bonchev–Trinajstić information content (AvgIpc) is 3.41. The van der Waals surface area contributed by atoms with Gasteiger partial charge < -0.3 is 14.4 Å². The van der Waals surface area contributed by atoms with E-state index in [9.17, 15) is 21.6 Å². The molecule has 1 N–H and O–H groups in total. The molecule has 3 heterocycles. The first-order valence-electron chi connectivity index (χ1n) is 13.5. The molecule has 1 saturated heterocycles. The van der Waals surface area contributed by atoms with Crippen LogP contribution in [0, 0.1) is 0 Å². The molecule has 10 nitrogen and oxygen atoms in total. The highest BCUT2D eigenvalue weighted by molar-refractivity contribution is 7.92. The van der Waals surface area contributed by atoms with Crippen LogP contribution >= 0.6 is 0 Å². The quantitative estimate of drug-likeness (QED) is 0.265. The highest BCUT2D eigenvalue weighted by atomic mass is 32.2. The molecule has 0 aliphatic carbocycles. The number of halogens is 3. The minimum atomic E-state index is -4.96. The molecule has 0 radical (unpaired) electrons. The molecule has 2 aromatic heterocycles. The van der Waals surface area contributed by atoms with Crippen molar-refractivity contribution in [3.05, 3.63) is 77.6 Å². The molecule has 5 rings (SSSR count). The van der Waals surface area contributed by atoms with E-state index in [1.165, 1.54) is 31.1 Å². The van der Waals surface area contributed by atoms with Crippen LogP contribution in [0.4, 0.5) is 19.1 Å². The van der Waals surface area contributed by atoms with Gasteiger partial charge in [-0.3, -0.25) is 4.68 Å². The number of aryl methyl sites for hydroxylation is 1. The second kappa shape index (κ2) is 12.3. The Morgan fingerprint density at radius 1 is 1.02 bits per heavy atom.